The van der Waals surface area contributed by atoms with Crippen molar-refractivity contribution < 1.29 is 4.74 Å². The SMILES string of the molecule is COc1cccc(N(C)Cc2nnc(Cl)s2)c1. The van der Waals surface area contributed by atoms with E-state index in [2.05, 4.69) is 15.1 Å². The lowest BCUT2D eigenvalue weighted by Crippen LogP contribution is -2.16. The van der Waals surface area contributed by atoms with E-state index < -0.39 is 0 Å². The zero-order chi connectivity index (χ0) is 12.3. The molecule has 0 bridgehead atoms. The number of benzene rings is 1. The van der Waals surface area contributed by atoms with E-state index in [0.29, 0.717) is 11.0 Å². The van der Waals surface area contributed by atoms with Gasteiger partial charge < -0.3 is 9.64 Å². The van der Waals surface area contributed by atoms with Crippen LogP contribution in [0.4, 0.5) is 5.69 Å². The molecule has 0 atom stereocenters. The highest BCUT2D eigenvalue weighted by Gasteiger charge is 2.07. The molecule has 0 radical (unpaired) electrons. The quantitative estimate of drug-likeness (QED) is 0.856. The minimum absolute atomic E-state index is 0.471. The van der Waals surface area contributed by atoms with Crippen molar-refractivity contribution in [2.45, 2.75) is 6.54 Å². The highest BCUT2D eigenvalue weighted by Crippen LogP contribution is 2.23. The third-order valence-corrected chi connectivity index (χ3v) is 3.31. The Hall–Kier alpha value is -1.33. The lowest BCUT2D eigenvalue weighted by atomic mass is 10.3. The lowest BCUT2D eigenvalue weighted by Gasteiger charge is -2.18. The van der Waals surface area contributed by atoms with E-state index in [-0.39, 0.29) is 0 Å². The van der Waals surface area contributed by atoms with Crippen molar-refractivity contribution in [3.05, 3.63) is 33.7 Å². The average molecular weight is 270 g/mol. The molecule has 0 saturated heterocycles. The smallest absolute Gasteiger partial charge is 0.207 e. The molecule has 2 aromatic rings. The van der Waals surface area contributed by atoms with Crippen LogP contribution in [0.2, 0.25) is 4.47 Å². The number of nitrogens with zero attached hydrogens (tertiary/aromatic N) is 3. The van der Waals surface area contributed by atoms with Gasteiger partial charge in [-0.25, -0.2) is 0 Å². The Morgan fingerprint density at radius 3 is 2.88 bits per heavy atom. The molecule has 90 valence electrons. The van der Waals surface area contributed by atoms with Crippen LogP contribution in [0.5, 0.6) is 5.75 Å². The molecule has 1 heterocycles. The van der Waals surface area contributed by atoms with Crippen LogP contribution in [0.25, 0.3) is 0 Å². The number of anilines is 1. The van der Waals surface area contributed by atoms with Crippen LogP contribution >= 0.6 is 22.9 Å². The van der Waals surface area contributed by atoms with Gasteiger partial charge in [0.05, 0.1) is 13.7 Å². The standard InChI is InChI=1S/C11H12ClN3OS/c1-15(7-10-13-14-11(12)17-10)8-4-3-5-9(6-8)16-2/h3-6H,7H2,1-2H3. The third kappa shape index (κ3) is 3.08. The van der Waals surface area contributed by atoms with Crippen LogP contribution in [0.1, 0.15) is 5.01 Å². The van der Waals surface area contributed by atoms with Gasteiger partial charge >= 0.3 is 0 Å². The molecule has 1 aromatic carbocycles. The molecule has 0 unspecified atom stereocenters. The van der Waals surface area contributed by atoms with Crippen LogP contribution in [-0.2, 0) is 6.54 Å². The first-order valence-corrected chi connectivity index (χ1v) is 6.21. The first-order valence-electron chi connectivity index (χ1n) is 5.02. The fourth-order valence-corrected chi connectivity index (χ4v) is 2.36. The van der Waals surface area contributed by atoms with Crippen molar-refractivity contribution in [3.63, 3.8) is 0 Å². The lowest BCUT2D eigenvalue weighted by molar-refractivity contribution is 0.415. The maximum atomic E-state index is 5.74. The van der Waals surface area contributed by atoms with Gasteiger partial charge in [0.2, 0.25) is 4.47 Å². The largest absolute Gasteiger partial charge is 0.497 e. The zero-order valence-electron chi connectivity index (χ0n) is 9.55. The maximum absolute atomic E-state index is 5.74. The van der Waals surface area contributed by atoms with Gasteiger partial charge in [-0.05, 0) is 23.7 Å². The number of aromatic nitrogens is 2. The van der Waals surface area contributed by atoms with E-state index in [0.717, 1.165) is 16.4 Å². The maximum Gasteiger partial charge on any atom is 0.207 e. The number of ether oxygens (including phenoxy) is 1. The Morgan fingerprint density at radius 1 is 1.41 bits per heavy atom. The predicted molar refractivity (Wildman–Crippen MR) is 70.0 cm³/mol. The monoisotopic (exact) mass is 269 g/mol. The first-order chi connectivity index (χ1) is 8.19. The zero-order valence-corrected chi connectivity index (χ0v) is 11.1. The Labute approximate surface area is 109 Å². The highest BCUT2D eigenvalue weighted by atomic mass is 35.5. The molecule has 6 heteroatoms. The minimum atomic E-state index is 0.471. The van der Waals surface area contributed by atoms with E-state index in [1.807, 2.05) is 31.3 Å². The summed E-state index contributed by atoms with van der Waals surface area (Å²) in [6.07, 6.45) is 0. The summed E-state index contributed by atoms with van der Waals surface area (Å²) in [6.45, 7) is 0.678. The summed E-state index contributed by atoms with van der Waals surface area (Å²) in [5.41, 5.74) is 1.07. The summed E-state index contributed by atoms with van der Waals surface area (Å²) in [6, 6.07) is 7.87. The molecule has 0 N–H and O–H groups in total. The van der Waals surface area contributed by atoms with Gasteiger partial charge in [-0.15, -0.1) is 10.2 Å². The van der Waals surface area contributed by atoms with Crippen LogP contribution in [0.3, 0.4) is 0 Å². The van der Waals surface area contributed by atoms with Gasteiger partial charge in [0.1, 0.15) is 10.8 Å². The summed E-state index contributed by atoms with van der Waals surface area (Å²) in [7, 11) is 3.65. The molecule has 17 heavy (non-hydrogen) atoms. The number of hydrogen-bond donors (Lipinski definition) is 0. The normalized spacial score (nSPS) is 10.3. The van der Waals surface area contributed by atoms with E-state index in [4.69, 9.17) is 16.3 Å². The van der Waals surface area contributed by atoms with E-state index in [1.54, 1.807) is 7.11 Å². The summed E-state index contributed by atoms with van der Waals surface area (Å²) >= 11 is 7.13. The Bertz CT molecular complexity index is 503. The number of hydrogen-bond acceptors (Lipinski definition) is 5. The summed E-state index contributed by atoms with van der Waals surface area (Å²) in [5, 5.41) is 8.66. The van der Waals surface area contributed by atoms with Crippen molar-refractivity contribution in [1.29, 1.82) is 0 Å². The van der Waals surface area contributed by atoms with Crippen molar-refractivity contribution in [1.82, 2.24) is 10.2 Å². The minimum Gasteiger partial charge on any atom is -0.497 e. The number of halogens is 1. The molecule has 0 aliphatic carbocycles. The predicted octanol–water partition coefficient (Wildman–Crippen LogP) is 2.84. The van der Waals surface area contributed by atoms with Gasteiger partial charge in [0, 0.05) is 18.8 Å². The molecule has 0 aliphatic rings. The second-order valence-corrected chi connectivity index (χ2v) is 5.15. The van der Waals surface area contributed by atoms with Crippen molar-refractivity contribution in [3.8, 4) is 5.75 Å². The van der Waals surface area contributed by atoms with E-state index in [1.165, 1.54) is 11.3 Å². The van der Waals surface area contributed by atoms with E-state index >= 15 is 0 Å². The van der Waals surface area contributed by atoms with Crippen molar-refractivity contribution in [2.75, 3.05) is 19.1 Å². The second-order valence-electron chi connectivity index (χ2n) is 3.51. The molecule has 0 amide bonds. The summed E-state index contributed by atoms with van der Waals surface area (Å²) in [5.74, 6) is 0.838. The third-order valence-electron chi connectivity index (χ3n) is 2.31. The average Bonchev–Trinajstić information content (AvgIpc) is 2.75. The molecule has 0 saturated carbocycles. The van der Waals surface area contributed by atoms with Gasteiger partial charge in [0.25, 0.3) is 0 Å². The highest BCUT2D eigenvalue weighted by molar-refractivity contribution is 7.15. The molecule has 1 aromatic heterocycles. The Kier molecular flexibility index (Phi) is 3.81. The topological polar surface area (TPSA) is 38.2 Å². The molecule has 4 nitrogen and oxygen atoms in total. The van der Waals surface area contributed by atoms with Crippen molar-refractivity contribution in [2.24, 2.45) is 0 Å². The van der Waals surface area contributed by atoms with Gasteiger partial charge in [0.15, 0.2) is 0 Å². The first kappa shape index (κ1) is 12.1. The van der Waals surface area contributed by atoms with Crippen LogP contribution in [0, 0.1) is 0 Å². The molecule has 2 rings (SSSR count). The van der Waals surface area contributed by atoms with Crippen LogP contribution in [0.15, 0.2) is 24.3 Å². The van der Waals surface area contributed by atoms with Crippen LogP contribution < -0.4 is 9.64 Å². The van der Waals surface area contributed by atoms with Gasteiger partial charge in [-0.1, -0.05) is 17.4 Å². The molecular formula is C11H12ClN3OS. The fraction of sp³-hybridized carbons (Fsp3) is 0.273. The Morgan fingerprint density at radius 2 is 2.24 bits per heavy atom. The molecule has 0 spiro atoms. The van der Waals surface area contributed by atoms with Crippen LogP contribution in [-0.4, -0.2) is 24.4 Å². The van der Waals surface area contributed by atoms with Gasteiger partial charge in [-0.3, -0.25) is 0 Å². The molecular weight excluding hydrogens is 258 g/mol. The van der Waals surface area contributed by atoms with E-state index in [9.17, 15) is 0 Å². The summed E-state index contributed by atoms with van der Waals surface area (Å²) < 4.78 is 5.66. The van der Waals surface area contributed by atoms with Gasteiger partial charge in [-0.2, -0.15) is 0 Å². The number of rotatable bonds is 4. The fourth-order valence-electron chi connectivity index (χ4n) is 1.44. The second kappa shape index (κ2) is 5.33. The molecule has 0 aliphatic heterocycles. The number of methoxy groups -OCH3 is 1. The Balaban J connectivity index is 2.11. The summed E-state index contributed by atoms with van der Waals surface area (Å²) in [4.78, 5) is 2.07. The van der Waals surface area contributed by atoms with Crippen molar-refractivity contribution >= 4 is 28.6 Å². The molecule has 0 fully saturated rings.